The van der Waals surface area contributed by atoms with Gasteiger partial charge in [-0.15, -0.1) is 21.5 Å². The van der Waals surface area contributed by atoms with E-state index in [1.165, 1.54) is 24.3 Å². The van der Waals surface area contributed by atoms with Crippen LogP contribution in [-0.4, -0.2) is 51.2 Å². The number of halogens is 1. The van der Waals surface area contributed by atoms with Gasteiger partial charge in [-0.25, -0.2) is 9.37 Å². The molecule has 0 radical (unpaired) electrons. The smallest absolute Gasteiger partial charge is 0.323 e. The van der Waals surface area contributed by atoms with Crippen LogP contribution in [0.15, 0.2) is 36.7 Å². The van der Waals surface area contributed by atoms with E-state index in [0.717, 1.165) is 24.1 Å². The molecule has 0 aliphatic heterocycles. The number of nitrogens with zero attached hydrogens (tertiary/aromatic N) is 4. The number of esters is 1. The molecule has 1 amide bonds. The lowest BCUT2D eigenvalue weighted by atomic mass is 9.66. The van der Waals surface area contributed by atoms with E-state index < -0.39 is 17.9 Å². The van der Waals surface area contributed by atoms with E-state index in [-0.39, 0.29) is 24.4 Å². The van der Waals surface area contributed by atoms with Crippen LogP contribution in [-0.2, 0) is 26.3 Å². The summed E-state index contributed by atoms with van der Waals surface area (Å²) < 4.78 is 19.1. The summed E-state index contributed by atoms with van der Waals surface area (Å²) >= 11 is 1.37. The second kappa shape index (κ2) is 10.8. The maximum absolute atomic E-state index is 14.3. The Kier molecular flexibility index (Phi) is 7.61. The molecule has 1 saturated carbocycles. The number of thiazole rings is 1. The summed E-state index contributed by atoms with van der Waals surface area (Å²) in [6.07, 6.45) is 6.04. The second-order valence-electron chi connectivity index (χ2n) is 8.43. The number of amides is 1. The standard InChI is InChI=1S/C23H26FN7O3S/c1-14(25)22(33)34-12-19(32)27-10-15-11-28-21(35-15)17-5-6-18(31-30-17)29-13-23(7-3-8-23)20-16(24)4-2-9-26-20/h2,4-6,9,11,14H,3,7-8,10,12-13,25H2,1H3,(H,27,32)(H,29,31)/t14-/m0/s1. The van der Waals surface area contributed by atoms with E-state index in [9.17, 15) is 14.0 Å². The number of nitrogens with two attached hydrogens (primary N) is 1. The fraction of sp³-hybridized carbons (Fsp3) is 0.391. The van der Waals surface area contributed by atoms with Crippen LogP contribution in [0.4, 0.5) is 10.2 Å². The monoisotopic (exact) mass is 499 g/mol. The number of aromatic nitrogens is 4. The average molecular weight is 500 g/mol. The summed E-state index contributed by atoms with van der Waals surface area (Å²) in [6.45, 7) is 1.86. The highest BCUT2D eigenvalue weighted by atomic mass is 32.1. The number of hydrogen-bond donors (Lipinski definition) is 3. The molecule has 1 fully saturated rings. The molecule has 10 nitrogen and oxygen atoms in total. The largest absolute Gasteiger partial charge is 0.454 e. The second-order valence-corrected chi connectivity index (χ2v) is 9.55. The van der Waals surface area contributed by atoms with E-state index in [4.69, 9.17) is 10.5 Å². The van der Waals surface area contributed by atoms with Crippen molar-refractivity contribution in [2.75, 3.05) is 18.5 Å². The molecule has 3 aromatic heterocycles. The number of rotatable bonds is 10. The molecule has 4 N–H and O–H groups in total. The van der Waals surface area contributed by atoms with Crippen LogP contribution in [0.1, 0.15) is 36.8 Å². The van der Waals surface area contributed by atoms with Crippen LogP contribution in [0.2, 0.25) is 0 Å². The highest BCUT2D eigenvalue weighted by Crippen LogP contribution is 2.43. The first kappa shape index (κ1) is 24.6. The van der Waals surface area contributed by atoms with Gasteiger partial charge in [0, 0.05) is 29.2 Å². The lowest BCUT2D eigenvalue weighted by molar-refractivity contribution is -0.149. The van der Waals surface area contributed by atoms with Crippen molar-refractivity contribution in [3.63, 3.8) is 0 Å². The van der Waals surface area contributed by atoms with Gasteiger partial charge in [-0.05, 0) is 44.0 Å². The quantitative estimate of drug-likeness (QED) is 0.357. The summed E-state index contributed by atoms with van der Waals surface area (Å²) in [5, 5.41) is 15.1. The van der Waals surface area contributed by atoms with Gasteiger partial charge in [-0.3, -0.25) is 14.6 Å². The van der Waals surface area contributed by atoms with Crippen LogP contribution >= 0.6 is 11.3 Å². The van der Waals surface area contributed by atoms with E-state index >= 15 is 0 Å². The first-order chi connectivity index (χ1) is 16.9. The van der Waals surface area contributed by atoms with Crippen molar-refractivity contribution in [3.8, 4) is 10.7 Å². The van der Waals surface area contributed by atoms with Gasteiger partial charge in [0.15, 0.2) is 6.61 Å². The molecule has 3 aromatic rings. The third kappa shape index (κ3) is 5.95. The Balaban J connectivity index is 1.30. The van der Waals surface area contributed by atoms with Crippen molar-refractivity contribution in [1.82, 2.24) is 25.5 Å². The van der Waals surface area contributed by atoms with Crippen molar-refractivity contribution in [2.45, 2.75) is 44.2 Å². The van der Waals surface area contributed by atoms with Gasteiger partial charge < -0.3 is 21.1 Å². The minimum atomic E-state index is -0.780. The number of carbonyl (C=O) groups excluding carboxylic acids is 2. The molecular weight excluding hydrogens is 473 g/mol. The van der Waals surface area contributed by atoms with Gasteiger partial charge in [0.2, 0.25) is 0 Å². The number of hydrogen-bond acceptors (Lipinski definition) is 10. The van der Waals surface area contributed by atoms with Crippen LogP contribution < -0.4 is 16.4 Å². The Bertz CT molecular complexity index is 1180. The van der Waals surface area contributed by atoms with Gasteiger partial charge in [0.25, 0.3) is 5.91 Å². The van der Waals surface area contributed by atoms with E-state index in [2.05, 4.69) is 30.8 Å². The number of nitrogens with one attached hydrogen (secondary N) is 2. The fourth-order valence-corrected chi connectivity index (χ4v) is 4.51. The Morgan fingerprint density at radius 2 is 2.09 bits per heavy atom. The van der Waals surface area contributed by atoms with Gasteiger partial charge in [-0.1, -0.05) is 6.42 Å². The molecule has 0 saturated heterocycles. The SMILES string of the molecule is C[C@H](N)C(=O)OCC(=O)NCc1cnc(-c2ccc(NCC3(c4ncccc4F)CCC3)nn2)s1. The molecule has 3 heterocycles. The molecule has 0 bridgehead atoms. The molecule has 4 rings (SSSR count). The molecule has 184 valence electrons. The Hall–Kier alpha value is -3.51. The molecule has 1 atom stereocenters. The molecule has 1 aliphatic rings. The summed E-state index contributed by atoms with van der Waals surface area (Å²) in [5.74, 6) is -0.762. The van der Waals surface area contributed by atoms with Gasteiger partial charge in [0.05, 0.1) is 12.2 Å². The van der Waals surface area contributed by atoms with Gasteiger partial charge >= 0.3 is 5.97 Å². The third-order valence-electron chi connectivity index (χ3n) is 5.79. The van der Waals surface area contributed by atoms with Crippen LogP contribution in [0.3, 0.4) is 0 Å². The van der Waals surface area contributed by atoms with Crippen molar-refractivity contribution in [2.24, 2.45) is 5.73 Å². The van der Waals surface area contributed by atoms with E-state index in [1.807, 2.05) is 0 Å². The summed E-state index contributed by atoms with van der Waals surface area (Å²) in [4.78, 5) is 32.6. The Morgan fingerprint density at radius 1 is 1.26 bits per heavy atom. The van der Waals surface area contributed by atoms with Crippen LogP contribution in [0.25, 0.3) is 10.7 Å². The molecule has 0 aromatic carbocycles. The third-order valence-corrected chi connectivity index (χ3v) is 6.81. The van der Waals surface area contributed by atoms with Gasteiger partial charge in [0.1, 0.15) is 28.4 Å². The maximum Gasteiger partial charge on any atom is 0.323 e. The maximum atomic E-state index is 14.3. The predicted molar refractivity (Wildman–Crippen MR) is 128 cm³/mol. The summed E-state index contributed by atoms with van der Waals surface area (Å²) in [7, 11) is 0. The number of carbonyl (C=O) groups is 2. The molecular formula is C23H26FN7O3S. The summed E-state index contributed by atoms with van der Waals surface area (Å²) in [6, 6.07) is 5.87. The molecule has 12 heteroatoms. The van der Waals surface area contributed by atoms with Crippen molar-refractivity contribution in [1.29, 1.82) is 0 Å². The molecule has 35 heavy (non-hydrogen) atoms. The number of ether oxygens (including phenoxy) is 1. The highest BCUT2D eigenvalue weighted by molar-refractivity contribution is 7.15. The number of pyridine rings is 1. The number of anilines is 1. The fourth-order valence-electron chi connectivity index (χ4n) is 3.69. The van der Waals surface area contributed by atoms with Crippen LogP contribution in [0, 0.1) is 5.82 Å². The zero-order valence-corrected chi connectivity index (χ0v) is 20.0. The first-order valence-corrected chi connectivity index (χ1v) is 12.0. The lowest BCUT2D eigenvalue weighted by Gasteiger charge is -2.41. The summed E-state index contributed by atoms with van der Waals surface area (Å²) in [5.41, 5.74) is 6.15. The normalized spacial score (nSPS) is 15.1. The predicted octanol–water partition coefficient (Wildman–Crippen LogP) is 2.17. The van der Waals surface area contributed by atoms with Crippen LogP contribution in [0.5, 0.6) is 0 Å². The van der Waals surface area contributed by atoms with Crippen molar-refractivity contribution < 1.29 is 18.7 Å². The highest BCUT2D eigenvalue weighted by Gasteiger charge is 2.41. The molecule has 1 aliphatic carbocycles. The lowest BCUT2D eigenvalue weighted by Crippen LogP contribution is -2.42. The minimum absolute atomic E-state index is 0.242. The zero-order chi connectivity index (χ0) is 24.8. The topological polar surface area (TPSA) is 145 Å². The zero-order valence-electron chi connectivity index (χ0n) is 19.2. The molecule has 0 spiro atoms. The van der Waals surface area contributed by atoms with E-state index in [1.54, 1.807) is 30.6 Å². The first-order valence-electron chi connectivity index (χ1n) is 11.2. The Morgan fingerprint density at radius 3 is 2.74 bits per heavy atom. The average Bonchev–Trinajstić information content (AvgIpc) is 3.31. The Labute approximate surface area is 205 Å². The molecule has 0 unspecified atom stereocenters. The van der Waals surface area contributed by atoms with Crippen molar-refractivity contribution >= 4 is 29.0 Å². The minimum Gasteiger partial charge on any atom is -0.454 e. The van der Waals surface area contributed by atoms with Gasteiger partial charge in [-0.2, -0.15) is 0 Å². The van der Waals surface area contributed by atoms with Crippen molar-refractivity contribution in [3.05, 3.63) is 53.0 Å². The van der Waals surface area contributed by atoms with E-state index in [0.29, 0.717) is 28.8 Å².